The largest absolute Gasteiger partial charge is 0.355 e. The summed E-state index contributed by atoms with van der Waals surface area (Å²) in [6.45, 7) is 6.82. The number of hydrogen-bond acceptors (Lipinski definition) is 5. The lowest BCUT2D eigenvalue weighted by Crippen LogP contribution is -2.45. The van der Waals surface area contributed by atoms with E-state index in [4.69, 9.17) is 23.2 Å². The number of rotatable bonds is 2. The summed E-state index contributed by atoms with van der Waals surface area (Å²) in [5.74, 6) is -0.188. The number of carbonyl (C=O) groups is 1. The van der Waals surface area contributed by atoms with E-state index in [2.05, 4.69) is 20.4 Å². The number of para-hydroxylation sites is 1. The van der Waals surface area contributed by atoms with Gasteiger partial charge in [0, 0.05) is 37.4 Å². The van der Waals surface area contributed by atoms with Crippen LogP contribution in [0.15, 0.2) is 42.9 Å². The molecule has 190 valence electrons. The maximum Gasteiger partial charge on any atom is 0.263 e. The van der Waals surface area contributed by atoms with E-state index in [-0.39, 0.29) is 5.91 Å². The molecule has 2 aliphatic heterocycles. The van der Waals surface area contributed by atoms with Gasteiger partial charge in [-0.25, -0.2) is 4.98 Å². The van der Waals surface area contributed by atoms with Gasteiger partial charge in [-0.15, -0.1) is 0 Å². The fourth-order valence-electron chi connectivity index (χ4n) is 4.38. The highest BCUT2D eigenvalue weighted by Gasteiger charge is 2.33. The molecular weight excluding hydrogens is 497 g/mol. The number of amides is 1. The number of H-pyrrole nitrogens is 1. The van der Waals surface area contributed by atoms with Crippen LogP contribution in [0.2, 0.25) is 10.0 Å². The molecule has 1 amide bonds. The van der Waals surface area contributed by atoms with Crippen molar-refractivity contribution in [2.75, 3.05) is 36.6 Å². The lowest BCUT2D eigenvalue weighted by Gasteiger charge is -2.36. The molecule has 0 spiro atoms. The molecule has 0 aliphatic carbocycles. The first-order chi connectivity index (χ1) is 17.4. The number of pyridine rings is 1. The van der Waals surface area contributed by atoms with Crippen molar-refractivity contribution in [2.45, 2.75) is 26.7 Å². The first kappa shape index (κ1) is 26.0. The van der Waals surface area contributed by atoms with Crippen LogP contribution >= 0.6 is 23.2 Å². The van der Waals surface area contributed by atoms with E-state index in [0.717, 1.165) is 22.3 Å². The predicted octanol–water partition coefficient (Wildman–Crippen LogP) is 5.72. The monoisotopic (exact) mass is 527 g/mol. The lowest BCUT2D eigenvalue weighted by molar-refractivity contribution is 0.0982. The van der Waals surface area contributed by atoms with Gasteiger partial charge in [-0.3, -0.25) is 14.4 Å². The molecule has 10 heteroatoms. The van der Waals surface area contributed by atoms with Gasteiger partial charge in [-0.2, -0.15) is 5.10 Å². The number of halogens is 2. The van der Waals surface area contributed by atoms with Crippen molar-refractivity contribution in [3.63, 3.8) is 0 Å². The maximum atomic E-state index is 13.3. The van der Waals surface area contributed by atoms with Crippen molar-refractivity contribution < 1.29 is 4.79 Å². The molecule has 36 heavy (non-hydrogen) atoms. The Kier molecular flexibility index (Phi) is 8.18. The summed E-state index contributed by atoms with van der Waals surface area (Å²) in [6, 6.07) is 7.20. The molecule has 1 saturated heterocycles. The Labute approximate surface area is 221 Å². The zero-order valence-electron chi connectivity index (χ0n) is 21.0. The highest BCUT2D eigenvalue weighted by molar-refractivity contribution is 6.40. The molecule has 0 radical (unpaired) electrons. The summed E-state index contributed by atoms with van der Waals surface area (Å²) in [4.78, 5) is 24.7. The van der Waals surface area contributed by atoms with E-state index in [1.165, 1.54) is 25.9 Å². The fraction of sp³-hybridized carbons (Fsp3) is 0.346. The van der Waals surface area contributed by atoms with Crippen LogP contribution in [-0.2, 0) is 7.05 Å². The van der Waals surface area contributed by atoms with Crippen LogP contribution in [0.5, 0.6) is 0 Å². The van der Waals surface area contributed by atoms with E-state index in [9.17, 15) is 4.79 Å². The van der Waals surface area contributed by atoms with E-state index in [1.807, 2.05) is 45.1 Å². The molecule has 3 aromatic heterocycles. The first-order valence-corrected chi connectivity index (χ1v) is 12.9. The highest BCUT2D eigenvalue weighted by Crippen LogP contribution is 2.40. The van der Waals surface area contributed by atoms with E-state index >= 15 is 0 Å². The standard InChI is InChI=1S/C20H16Cl2N6O.C4H9N.C2H6/c1-26-10-28(18-14(21)4-3-5-15(18)22)20(29)13-8-23-19-12(17(13)26)6-16(25-19)11-7-24-27(2)9-11;1-2-4-5-3-1;1-2/h3-9H,10H2,1-2H3,(H,23,25);5H,1-4H2;1-2H3. The molecule has 0 saturated carbocycles. The molecule has 2 aliphatic rings. The van der Waals surface area contributed by atoms with Gasteiger partial charge < -0.3 is 15.2 Å². The topological polar surface area (TPSA) is 82.1 Å². The quantitative estimate of drug-likeness (QED) is 0.348. The molecule has 5 heterocycles. The Bertz CT molecular complexity index is 1330. The van der Waals surface area contributed by atoms with Gasteiger partial charge in [0.05, 0.1) is 45.5 Å². The molecule has 1 fully saturated rings. The van der Waals surface area contributed by atoms with Crippen LogP contribution in [0.1, 0.15) is 37.0 Å². The first-order valence-electron chi connectivity index (χ1n) is 12.1. The van der Waals surface area contributed by atoms with E-state index < -0.39 is 0 Å². The molecule has 8 nitrogen and oxygen atoms in total. The third-order valence-corrected chi connectivity index (χ3v) is 6.63. The summed E-state index contributed by atoms with van der Waals surface area (Å²) in [7, 11) is 3.80. The van der Waals surface area contributed by atoms with Gasteiger partial charge in [0.15, 0.2) is 0 Å². The molecule has 4 aromatic rings. The van der Waals surface area contributed by atoms with Gasteiger partial charge in [0.1, 0.15) is 5.65 Å². The number of benzene rings is 1. The number of nitrogens with zero attached hydrogens (tertiary/aromatic N) is 5. The van der Waals surface area contributed by atoms with Crippen molar-refractivity contribution >= 4 is 51.5 Å². The molecule has 0 bridgehead atoms. The van der Waals surface area contributed by atoms with Crippen molar-refractivity contribution in [3.8, 4) is 11.3 Å². The van der Waals surface area contributed by atoms with Crippen LogP contribution in [0.4, 0.5) is 11.4 Å². The van der Waals surface area contributed by atoms with Gasteiger partial charge in [0.25, 0.3) is 5.91 Å². The molecule has 2 N–H and O–H groups in total. The zero-order valence-corrected chi connectivity index (χ0v) is 22.5. The van der Waals surface area contributed by atoms with Gasteiger partial charge in [0.2, 0.25) is 0 Å². The number of carbonyl (C=O) groups excluding carboxylic acids is 1. The summed E-state index contributed by atoms with van der Waals surface area (Å²) >= 11 is 12.7. The Morgan fingerprint density at radius 1 is 1.00 bits per heavy atom. The van der Waals surface area contributed by atoms with Gasteiger partial charge in [-0.05, 0) is 44.1 Å². The summed E-state index contributed by atoms with van der Waals surface area (Å²) < 4.78 is 1.74. The number of anilines is 2. The third kappa shape index (κ3) is 5.07. The van der Waals surface area contributed by atoms with Crippen LogP contribution in [0, 0.1) is 0 Å². The predicted molar refractivity (Wildman–Crippen MR) is 148 cm³/mol. The summed E-state index contributed by atoms with van der Waals surface area (Å²) in [5.41, 5.74) is 4.39. The minimum atomic E-state index is -0.188. The second kappa shape index (κ2) is 11.3. The summed E-state index contributed by atoms with van der Waals surface area (Å²) in [5, 5.41) is 9.17. The van der Waals surface area contributed by atoms with Gasteiger partial charge >= 0.3 is 0 Å². The molecular formula is C26H31Cl2N7O. The van der Waals surface area contributed by atoms with Crippen LogP contribution in [0.25, 0.3) is 22.3 Å². The number of aromatic amines is 1. The van der Waals surface area contributed by atoms with Crippen LogP contribution in [-0.4, -0.2) is 52.5 Å². The maximum absolute atomic E-state index is 13.3. The van der Waals surface area contributed by atoms with Crippen LogP contribution < -0.4 is 15.1 Å². The summed E-state index contributed by atoms with van der Waals surface area (Å²) in [6.07, 6.45) is 8.08. The fourth-order valence-corrected chi connectivity index (χ4v) is 4.98. The number of fused-ring (bicyclic) bond motifs is 3. The average molecular weight is 528 g/mol. The minimum Gasteiger partial charge on any atom is -0.355 e. The normalized spacial score (nSPS) is 14.8. The SMILES string of the molecule is C1CCNC1.CC.CN1CN(c2c(Cl)cccc2Cl)C(=O)c2cnc3[nH]c(-c4cnn(C)c4)cc3c21. The highest BCUT2D eigenvalue weighted by atomic mass is 35.5. The van der Waals surface area contributed by atoms with Crippen molar-refractivity contribution in [2.24, 2.45) is 7.05 Å². The molecule has 1 aromatic carbocycles. The number of hydrogen-bond donors (Lipinski definition) is 2. The third-order valence-electron chi connectivity index (χ3n) is 6.02. The smallest absolute Gasteiger partial charge is 0.263 e. The Morgan fingerprint density at radius 2 is 1.69 bits per heavy atom. The van der Waals surface area contributed by atoms with Gasteiger partial charge in [-0.1, -0.05) is 43.1 Å². The zero-order chi connectivity index (χ0) is 25.8. The second-order valence-corrected chi connectivity index (χ2v) is 9.28. The number of nitrogens with one attached hydrogen (secondary N) is 2. The van der Waals surface area contributed by atoms with Crippen LogP contribution in [0.3, 0.4) is 0 Å². The lowest BCUT2D eigenvalue weighted by atomic mass is 10.1. The van der Waals surface area contributed by atoms with Crippen molar-refractivity contribution in [1.82, 2.24) is 25.1 Å². The molecule has 0 unspecified atom stereocenters. The Morgan fingerprint density at radius 3 is 2.28 bits per heavy atom. The van der Waals surface area contributed by atoms with Crippen molar-refractivity contribution in [1.29, 1.82) is 0 Å². The average Bonchev–Trinajstić information content (AvgIpc) is 3.65. The Balaban J connectivity index is 0.000000383. The second-order valence-electron chi connectivity index (χ2n) is 8.47. The van der Waals surface area contributed by atoms with E-state index in [0.29, 0.717) is 33.6 Å². The molecule has 6 rings (SSSR count). The number of aromatic nitrogens is 4. The molecule has 0 atom stereocenters. The van der Waals surface area contributed by atoms with Crippen molar-refractivity contribution in [3.05, 3.63) is 58.5 Å². The minimum absolute atomic E-state index is 0.188. The Hall–Kier alpha value is -3.07. The number of aryl methyl sites for hydroxylation is 1. The van der Waals surface area contributed by atoms with E-state index in [1.54, 1.807) is 40.2 Å².